The fraction of sp³-hybridized carbons (Fsp3) is 0.462. The number of hydrogen-bond donors (Lipinski definition) is 0. The Labute approximate surface area is 195 Å². The van der Waals surface area contributed by atoms with E-state index in [-0.39, 0.29) is 5.91 Å². The van der Waals surface area contributed by atoms with E-state index < -0.39 is 0 Å². The molecule has 0 spiro atoms. The van der Waals surface area contributed by atoms with Crippen LogP contribution in [-0.2, 0) is 31.4 Å². The maximum absolute atomic E-state index is 12.9. The molecule has 7 heteroatoms. The summed E-state index contributed by atoms with van der Waals surface area (Å²) in [6, 6.07) is 10.5. The van der Waals surface area contributed by atoms with Gasteiger partial charge in [-0.3, -0.25) is 19.3 Å². The first-order valence-electron chi connectivity index (χ1n) is 11.9. The van der Waals surface area contributed by atoms with Crippen LogP contribution >= 0.6 is 0 Å². The molecule has 1 amide bonds. The van der Waals surface area contributed by atoms with Crippen LogP contribution in [0.15, 0.2) is 36.5 Å². The van der Waals surface area contributed by atoms with Crippen LogP contribution < -0.4 is 4.90 Å². The molecule has 7 nitrogen and oxygen atoms in total. The molecule has 0 bridgehead atoms. The van der Waals surface area contributed by atoms with Crippen LogP contribution in [0.2, 0.25) is 0 Å². The Kier molecular flexibility index (Phi) is 5.98. The smallest absolute Gasteiger partial charge is 0.228 e. The number of piperidine rings is 1. The Balaban J connectivity index is 1.34. The van der Waals surface area contributed by atoms with Crippen molar-refractivity contribution in [3.8, 4) is 0 Å². The number of anilines is 1. The molecule has 2 aromatic heterocycles. The summed E-state index contributed by atoms with van der Waals surface area (Å²) < 4.78 is 1.95. The lowest BCUT2D eigenvalue weighted by molar-refractivity contribution is -0.119. The van der Waals surface area contributed by atoms with Gasteiger partial charge in [0.15, 0.2) is 0 Å². The molecule has 33 heavy (non-hydrogen) atoms. The minimum absolute atomic E-state index is 0.151. The molecular weight excluding hydrogens is 412 g/mol. The van der Waals surface area contributed by atoms with E-state index in [4.69, 9.17) is 9.97 Å². The number of benzene rings is 1. The highest BCUT2D eigenvalue weighted by atomic mass is 16.2. The van der Waals surface area contributed by atoms with Crippen molar-refractivity contribution in [2.45, 2.75) is 58.5 Å². The van der Waals surface area contributed by atoms with E-state index in [9.17, 15) is 4.79 Å². The second-order valence-electron chi connectivity index (χ2n) is 9.43. The van der Waals surface area contributed by atoms with Crippen molar-refractivity contribution in [1.29, 1.82) is 0 Å². The molecule has 0 unspecified atom stereocenters. The van der Waals surface area contributed by atoms with Crippen LogP contribution in [-0.4, -0.2) is 43.6 Å². The normalized spacial score (nSPS) is 17.4. The quantitative estimate of drug-likeness (QED) is 0.601. The summed E-state index contributed by atoms with van der Waals surface area (Å²) in [5.41, 5.74) is 5.73. The maximum atomic E-state index is 12.9. The van der Waals surface area contributed by atoms with Crippen molar-refractivity contribution in [2.24, 2.45) is 7.05 Å². The van der Waals surface area contributed by atoms with E-state index in [0.29, 0.717) is 18.9 Å². The summed E-state index contributed by atoms with van der Waals surface area (Å²) in [5, 5.41) is 4.28. The van der Waals surface area contributed by atoms with Crippen LogP contribution in [0, 0.1) is 13.8 Å². The maximum Gasteiger partial charge on any atom is 0.228 e. The number of aromatic nitrogens is 4. The van der Waals surface area contributed by atoms with Gasteiger partial charge in [0.1, 0.15) is 11.6 Å². The highest BCUT2D eigenvalue weighted by Crippen LogP contribution is 2.33. The van der Waals surface area contributed by atoms with Gasteiger partial charge in [0.25, 0.3) is 0 Å². The summed E-state index contributed by atoms with van der Waals surface area (Å²) in [6.07, 6.45) is 5.17. The predicted molar refractivity (Wildman–Crippen MR) is 128 cm³/mol. The van der Waals surface area contributed by atoms with Crippen LogP contribution in [0.4, 0.5) is 5.82 Å². The van der Waals surface area contributed by atoms with Crippen molar-refractivity contribution in [1.82, 2.24) is 24.6 Å². The Morgan fingerprint density at radius 1 is 0.970 bits per heavy atom. The number of fused-ring (bicyclic) bond motifs is 1. The minimum Gasteiger partial charge on any atom is -0.297 e. The molecule has 0 atom stereocenters. The standard InChI is InChI=1S/C26H32N6O/c1-18-4-6-20(7-5-18)16-32-24(33)9-8-23-19(2)28-25(29-26(23)32)21-11-14-31(15-12-21)17-22-10-13-27-30(22)3/h4-7,10,13,21H,8-9,11-12,14-17H2,1-3H3. The molecule has 4 heterocycles. The van der Waals surface area contributed by atoms with Crippen LogP contribution in [0.1, 0.15) is 59.1 Å². The van der Waals surface area contributed by atoms with Gasteiger partial charge < -0.3 is 0 Å². The first-order chi connectivity index (χ1) is 16.0. The molecule has 2 aliphatic heterocycles. The lowest BCUT2D eigenvalue weighted by atomic mass is 9.94. The zero-order chi connectivity index (χ0) is 22.9. The summed E-state index contributed by atoms with van der Waals surface area (Å²) in [6.45, 7) is 7.66. The second kappa shape index (κ2) is 9.06. The van der Waals surface area contributed by atoms with E-state index in [2.05, 4.69) is 54.2 Å². The summed E-state index contributed by atoms with van der Waals surface area (Å²) in [5.74, 6) is 2.20. The van der Waals surface area contributed by atoms with Gasteiger partial charge in [-0.25, -0.2) is 9.97 Å². The number of aryl methyl sites for hydroxylation is 3. The largest absolute Gasteiger partial charge is 0.297 e. The third kappa shape index (κ3) is 4.55. The highest BCUT2D eigenvalue weighted by Gasteiger charge is 2.30. The fourth-order valence-corrected chi connectivity index (χ4v) is 4.96. The summed E-state index contributed by atoms with van der Waals surface area (Å²) >= 11 is 0. The molecule has 5 rings (SSSR count). The fourth-order valence-electron chi connectivity index (χ4n) is 4.96. The van der Waals surface area contributed by atoms with E-state index >= 15 is 0 Å². The number of rotatable bonds is 5. The average molecular weight is 445 g/mol. The summed E-state index contributed by atoms with van der Waals surface area (Å²) in [4.78, 5) is 27.2. The molecule has 0 N–H and O–H groups in total. The first kappa shape index (κ1) is 21.8. The molecule has 1 aromatic carbocycles. The number of amides is 1. The van der Waals surface area contributed by atoms with Gasteiger partial charge in [-0.05, 0) is 57.8 Å². The second-order valence-corrected chi connectivity index (χ2v) is 9.43. The van der Waals surface area contributed by atoms with Crippen molar-refractivity contribution < 1.29 is 4.79 Å². The van der Waals surface area contributed by atoms with Crippen molar-refractivity contribution in [3.63, 3.8) is 0 Å². The van der Waals surface area contributed by atoms with E-state index in [1.165, 1.54) is 11.3 Å². The SMILES string of the molecule is Cc1ccc(CN2C(=O)CCc3c(C)nc(C4CCN(Cc5ccnn5C)CC4)nc32)cc1. The zero-order valence-electron chi connectivity index (χ0n) is 19.8. The molecule has 1 fully saturated rings. The Morgan fingerprint density at radius 2 is 1.73 bits per heavy atom. The zero-order valence-corrected chi connectivity index (χ0v) is 19.8. The number of carbonyl (C=O) groups excluding carboxylic acids is 1. The molecule has 1 saturated heterocycles. The van der Waals surface area contributed by atoms with Gasteiger partial charge in [-0.1, -0.05) is 29.8 Å². The molecule has 2 aliphatic rings. The summed E-state index contributed by atoms with van der Waals surface area (Å²) in [7, 11) is 2.00. The van der Waals surface area contributed by atoms with E-state index in [1.54, 1.807) is 0 Å². The van der Waals surface area contributed by atoms with Gasteiger partial charge in [0, 0.05) is 43.4 Å². The van der Waals surface area contributed by atoms with Gasteiger partial charge in [-0.15, -0.1) is 0 Å². The highest BCUT2D eigenvalue weighted by molar-refractivity contribution is 5.95. The lowest BCUT2D eigenvalue weighted by Crippen LogP contribution is -2.37. The first-order valence-corrected chi connectivity index (χ1v) is 11.9. The van der Waals surface area contributed by atoms with E-state index in [0.717, 1.165) is 67.4 Å². The van der Waals surface area contributed by atoms with Gasteiger partial charge >= 0.3 is 0 Å². The van der Waals surface area contributed by atoms with Crippen molar-refractivity contribution in [3.05, 3.63) is 70.4 Å². The van der Waals surface area contributed by atoms with Crippen LogP contribution in [0.3, 0.4) is 0 Å². The number of likely N-dealkylation sites (tertiary alicyclic amines) is 1. The number of hydrogen-bond acceptors (Lipinski definition) is 5. The molecular formula is C26H32N6O. The molecule has 0 radical (unpaired) electrons. The molecule has 3 aromatic rings. The Bertz CT molecular complexity index is 1140. The van der Waals surface area contributed by atoms with Crippen LogP contribution in [0.5, 0.6) is 0 Å². The third-order valence-corrected chi connectivity index (χ3v) is 7.08. The predicted octanol–water partition coefficient (Wildman–Crippen LogP) is 3.69. The lowest BCUT2D eigenvalue weighted by Gasteiger charge is -2.33. The monoisotopic (exact) mass is 444 g/mol. The molecule has 172 valence electrons. The average Bonchev–Trinajstić information content (AvgIpc) is 3.21. The van der Waals surface area contributed by atoms with E-state index in [1.807, 2.05) is 22.8 Å². The van der Waals surface area contributed by atoms with Gasteiger partial charge in [0.2, 0.25) is 5.91 Å². The minimum atomic E-state index is 0.151. The van der Waals surface area contributed by atoms with Crippen LogP contribution in [0.25, 0.3) is 0 Å². The van der Waals surface area contributed by atoms with Gasteiger partial charge in [-0.2, -0.15) is 5.10 Å². The van der Waals surface area contributed by atoms with Gasteiger partial charge in [0.05, 0.1) is 12.2 Å². The Morgan fingerprint density at radius 3 is 2.42 bits per heavy atom. The topological polar surface area (TPSA) is 67.2 Å². The number of nitrogens with zero attached hydrogens (tertiary/aromatic N) is 6. The Hall–Kier alpha value is -3.06. The third-order valence-electron chi connectivity index (χ3n) is 7.08. The number of carbonyl (C=O) groups is 1. The molecule has 0 saturated carbocycles. The molecule has 0 aliphatic carbocycles. The van der Waals surface area contributed by atoms with Crippen molar-refractivity contribution >= 4 is 11.7 Å². The van der Waals surface area contributed by atoms with Crippen molar-refractivity contribution in [2.75, 3.05) is 18.0 Å².